The smallest absolute Gasteiger partial charge is 0.143 e. The summed E-state index contributed by atoms with van der Waals surface area (Å²) < 4.78 is 7.02. The summed E-state index contributed by atoms with van der Waals surface area (Å²) in [6.07, 6.45) is 0. The number of rotatable bonds is 6. The maximum Gasteiger partial charge on any atom is 0.143 e. The van der Waals surface area contributed by atoms with Crippen LogP contribution in [-0.2, 0) is 0 Å². The van der Waals surface area contributed by atoms with Crippen molar-refractivity contribution in [2.75, 3.05) is 9.80 Å². The highest BCUT2D eigenvalue weighted by Crippen LogP contribution is 2.45. The summed E-state index contributed by atoms with van der Waals surface area (Å²) in [6.45, 7) is 0. The summed E-state index contributed by atoms with van der Waals surface area (Å²) in [5, 5.41) is 13.5. The molecule has 0 spiro atoms. The van der Waals surface area contributed by atoms with Gasteiger partial charge in [-0.15, -0.1) is 0 Å². The van der Waals surface area contributed by atoms with Crippen molar-refractivity contribution < 1.29 is 4.42 Å². The number of benzene rings is 10. The number of hydrogen-bond donors (Lipinski definition) is 0. The van der Waals surface area contributed by atoms with E-state index in [-0.39, 0.29) is 0 Å². The van der Waals surface area contributed by atoms with Gasteiger partial charge in [0.25, 0.3) is 0 Å². The minimum Gasteiger partial charge on any atom is -0.455 e. The van der Waals surface area contributed by atoms with Crippen LogP contribution in [0.1, 0.15) is 0 Å². The molecule has 12 aromatic rings. The topological polar surface area (TPSA) is 19.6 Å². The Labute approximate surface area is 365 Å². The lowest BCUT2D eigenvalue weighted by molar-refractivity contribution is 0.673. The Morgan fingerprint density at radius 2 is 0.540 bits per heavy atom. The van der Waals surface area contributed by atoms with Gasteiger partial charge < -0.3 is 14.2 Å². The molecule has 3 nitrogen and oxygen atoms in total. The van der Waals surface area contributed by atoms with Gasteiger partial charge in [0.2, 0.25) is 0 Å². The van der Waals surface area contributed by atoms with Gasteiger partial charge in [-0.1, -0.05) is 158 Å². The first-order valence-electron chi connectivity index (χ1n) is 21.5. The largest absolute Gasteiger partial charge is 0.455 e. The van der Waals surface area contributed by atoms with Crippen molar-refractivity contribution in [3.8, 4) is 0 Å². The van der Waals surface area contributed by atoms with Crippen molar-refractivity contribution in [1.29, 1.82) is 0 Å². The number of fused-ring (bicyclic) bond motifs is 14. The quantitative estimate of drug-likeness (QED) is 0.167. The van der Waals surface area contributed by atoms with Gasteiger partial charge in [-0.05, 0) is 133 Å². The monoisotopic (exact) mass is 804 g/mol. The van der Waals surface area contributed by atoms with E-state index in [0.29, 0.717) is 0 Å². The third-order valence-electron chi connectivity index (χ3n) is 12.4. The summed E-state index contributed by atoms with van der Waals surface area (Å²) in [4.78, 5) is 4.70. The van der Waals surface area contributed by atoms with E-state index >= 15 is 0 Å². The van der Waals surface area contributed by atoms with Crippen LogP contribution in [0.5, 0.6) is 0 Å². The molecule has 11 aromatic carbocycles. The standard InChI is InChI=1S/C60H40N2O/c1-5-19-41(20-6-1)61(42-21-7-2-8-22-42)45-33-35-50-47-27-13-14-28-48(47)51-36-34-46(62(43-23-9-3-10-24-43)44-25-11-4-12-26-44)40-57(51)54-37-38-55-52-30-17-18-32-58(52)63-60(55)59(54)53-31-16-15-29-49(53)56(50)39-45/h1-40H. The Bertz CT molecular complexity index is 3650. The predicted octanol–water partition coefficient (Wildman–Crippen LogP) is 17.4. The number of nitrogens with zero attached hydrogens (tertiary/aromatic N) is 2. The maximum atomic E-state index is 7.02. The molecule has 0 aliphatic heterocycles. The first-order valence-corrected chi connectivity index (χ1v) is 21.5. The molecule has 1 heterocycles. The molecule has 1 aromatic heterocycles. The van der Waals surface area contributed by atoms with E-state index in [1.807, 2.05) is 0 Å². The van der Waals surface area contributed by atoms with E-state index in [4.69, 9.17) is 4.42 Å². The van der Waals surface area contributed by atoms with Crippen molar-refractivity contribution in [2.45, 2.75) is 0 Å². The molecule has 296 valence electrons. The van der Waals surface area contributed by atoms with Gasteiger partial charge in [-0.3, -0.25) is 0 Å². The Hall–Kier alpha value is -8.40. The predicted molar refractivity (Wildman–Crippen MR) is 268 cm³/mol. The zero-order chi connectivity index (χ0) is 41.7. The second kappa shape index (κ2) is 15.3. The third kappa shape index (κ3) is 6.21. The summed E-state index contributed by atoms with van der Waals surface area (Å²) in [5.41, 5.74) is 8.26. The molecule has 0 saturated carbocycles. The van der Waals surface area contributed by atoms with Crippen molar-refractivity contribution in [3.63, 3.8) is 0 Å². The van der Waals surface area contributed by atoms with Crippen molar-refractivity contribution >= 4 is 110 Å². The minimum atomic E-state index is 0.873. The minimum absolute atomic E-state index is 0.873. The van der Waals surface area contributed by atoms with E-state index in [1.165, 1.54) is 5.39 Å². The van der Waals surface area contributed by atoms with E-state index in [9.17, 15) is 0 Å². The molecule has 0 fully saturated rings. The first-order chi connectivity index (χ1) is 31.3. The second-order valence-electron chi connectivity index (χ2n) is 16.0. The zero-order valence-electron chi connectivity index (χ0n) is 34.4. The molecule has 3 heteroatoms. The fourth-order valence-corrected chi connectivity index (χ4v) is 9.63. The normalized spacial score (nSPS) is 11.5. The fourth-order valence-electron chi connectivity index (χ4n) is 9.63. The van der Waals surface area contributed by atoms with Crippen LogP contribution in [0.15, 0.2) is 247 Å². The number of anilines is 6. The van der Waals surface area contributed by atoms with Gasteiger partial charge >= 0.3 is 0 Å². The van der Waals surface area contributed by atoms with Gasteiger partial charge in [-0.2, -0.15) is 0 Å². The van der Waals surface area contributed by atoms with Crippen LogP contribution in [0, 0.1) is 0 Å². The molecule has 0 amide bonds. The van der Waals surface area contributed by atoms with Gasteiger partial charge in [0.1, 0.15) is 11.2 Å². The lowest BCUT2D eigenvalue weighted by Gasteiger charge is -2.26. The number of hydrogen-bond acceptors (Lipinski definition) is 3. The highest BCUT2D eigenvalue weighted by Gasteiger charge is 2.19. The van der Waals surface area contributed by atoms with E-state index in [0.717, 1.165) is 105 Å². The van der Waals surface area contributed by atoms with Crippen LogP contribution in [0.4, 0.5) is 34.1 Å². The fraction of sp³-hybridized carbons (Fsp3) is 0. The van der Waals surface area contributed by atoms with Gasteiger partial charge in [0.05, 0.1) is 0 Å². The highest BCUT2D eigenvalue weighted by molar-refractivity contribution is 6.31. The average molecular weight is 805 g/mol. The second-order valence-corrected chi connectivity index (χ2v) is 16.0. The summed E-state index contributed by atoms with van der Waals surface area (Å²) >= 11 is 0. The molecule has 0 aliphatic rings. The highest BCUT2D eigenvalue weighted by atomic mass is 16.3. The molecule has 0 aliphatic carbocycles. The number of furan rings is 1. The summed E-state index contributed by atoms with van der Waals surface area (Å²) in [7, 11) is 0. The van der Waals surface area contributed by atoms with Gasteiger partial charge in [0.15, 0.2) is 0 Å². The molecular weight excluding hydrogens is 765 g/mol. The molecule has 0 radical (unpaired) electrons. The van der Waals surface area contributed by atoms with Crippen molar-refractivity contribution in [2.24, 2.45) is 0 Å². The Kier molecular flexibility index (Phi) is 8.83. The zero-order valence-corrected chi connectivity index (χ0v) is 34.4. The molecule has 63 heavy (non-hydrogen) atoms. The van der Waals surface area contributed by atoms with Crippen LogP contribution < -0.4 is 9.80 Å². The Morgan fingerprint density at radius 1 is 0.222 bits per heavy atom. The molecule has 0 bridgehead atoms. The van der Waals surface area contributed by atoms with Crippen molar-refractivity contribution in [1.82, 2.24) is 0 Å². The average Bonchev–Trinajstić information content (AvgIpc) is 3.74. The van der Waals surface area contributed by atoms with Crippen LogP contribution >= 0.6 is 0 Å². The van der Waals surface area contributed by atoms with Crippen molar-refractivity contribution in [3.05, 3.63) is 243 Å². The molecular formula is C60H40N2O. The van der Waals surface area contributed by atoms with Gasteiger partial charge in [-0.25, -0.2) is 0 Å². The molecule has 0 unspecified atom stereocenters. The van der Waals surface area contributed by atoms with Crippen LogP contribution in [-0.4, -0.2) is 0 Å². The van der Waals surface area contributed by atoms with E-state index in [2.05, 4.69) is 252 Å². The Balaban J connectivity index is 1.29. The molecule has 0 saturated heterocycles. The Morgan fingerprint density at radius 3 is 1.02 bits per heavy atom. The summed E-state index contributed by atoms with van der Waals surface area (Å²) in [6, 6.07) is 87.3. The SMILES string of the molecule is c1ccc(N(c2ccccc2)c2ccc3c4ccccc4c4ccc(N(c5ccccc5)c5ccccc5)cc4c4ccc5c6ccccc6oc5c4c4ccccc4c3c2)cc1. The van der Waals surface area contributed by atoms with E-state index < -0.39 is 0 Å². The maximum absolute atomic E-state index is 7.02. The van der Waals surface area contributed by atoms with Crippen LogP contribution in [0.2, 0.25) is 0 Å². The lowest BCUT2D eigenvalue weighted by Crippen LogP contribution is -2.09. The summed E-state index contributed by atoms with van der Waals surface area (Å²) in [5.74, 6) is 0. The molecule has 0 atom stereocenters. The number of para-hydroxylation sites is 5. The van der Waals surface area contributed by atoms with Crippen LogP contribution in [0.3, 0.4) is 0 Å². The third-order valence-corrected chi connectivity index (χ3v) is 12.4. The van der Waals surface area contributed by atoms with Crippen LogP contribution in [0.25, 0.3) is 75.8 Å². The lowest BCUT2D eigenvalue weighted by atomic mass is 9.93. The van der Waals surface area contributed by atoms with E-state index in [1.54, 1.807) is 0 Å². The molecule has 0 N–H and O–H groups in total. The van der Waals surface area contributed by atoms with Gasteiger partial charge in [0, 0.05) is 50.3 Å². The molecule has 12 rings (SSSR count). The first kappa shape index (κ1) is 36.5.